The van der Waals surface area contributed by atoms with Crippen LogP contribution in [0.25, 0.3) is 10.9 Å². The number of phenolic OH excluding ortho intramolecular Hbond substituents is 1. The molecule has 0 aliphatic heterocycles. The first-order chi connectivity index (χ1) is 10.6. The van der Waals surface area contributed by atoms with Crippen LogP contribution in [0.4, 0.5) is 4.39 Å². The van der Waals surface area contributed by atoms with E-state index in [1.54, 1.807) is 18.3 Å². The van der Waals surface area contributed by atoms with E-state index < -0.39 is 0 Å². The lowest BCUT2D eigenvalue weighted by atomic mass is 9.98. The Bertz CT molecular complexity index is 825. The van der Waals surface area contributed by atoms with E-state index in [1.807, 2.05) is 13.0 Å². The maximum Gasteiger partial charge on any atom is 0.144 e. The van der Waals surface area contributed by atoms with Crippen LogP contribution >= 0.6 is 0 Å². The summed E-state index contributed by atoms with van der Waals surface area (Å²) in [6.45, 7) is 3.99. The van der Waals surface area contributed by atoms with Crippen LogP contribution in [0.1, 0.15) is 29.2 Å². The van der Waals surface area contributed by atoms with Crippen molar-refractivity contribution in [2.45, 2.75) is 26.7 Å². The van der Waals surface area contributed by atoms with Crippen molar-refractivity contribution < 1.29 is 9.50 Å². The molecule has 0 amide bonds. The second-order valence-corrected chi connectivity index (χ2v) is 5.60. The zero-order valence-corrected chi connectivity index (χ0v) is 12.7. The van der Waals surface area contributed by atoms with Gasteiger partial charge in [-0.25, -0.2) is 4.39 Å². The number of aryl methyl sites for hydroxylation is 2. The molecule has 1 aromatic heterocycles. The molecule has 0 atom stereocenters. The maximum absolute atomic E-state index is 13.0. The number of rotatable bonds is 3. The van der Waals surface area contributed by atoms with Crippen LogP contribution in [0.3, 0.4) is 0 Å². The first-order valence-corrected chi connectivity index (χ1v) is 7.43. The number of phenols is 1. The number of pyridine rings is 1. The predicted molar refractivity (Wildman–Crippen MR) is 86.7 cm³/mol. The van der Waals surface area contributed by atoms with Crippen molar-refractivity contribution in [3.8, 4) is 5.75 Å². The van der Waals surface area contributed by atoms with Gasteiger partial charge in [-0.15, -0.1) is 0 Å². The smallest absolute Gasteiger partial charge is 0.144 e. The Kier molecular flexibility index (Phi) is 3.80. The minimum Gasteiger partial charge on any atom is -0.505 e. The largest absolute Gasteiger partial charge is 0.505 e. The highest BCUT2D eigenvalue weighted by Crippen LogP contribution is 2.31. The van der Waals surface area contributed by atoms with E-state index in [0.717, 1.165) is 28.5 Å². The number of fused-ring (bicyclic) bond motifs is 1. The fraction of sp³-hybridized carbons (Fsp3) is 0.211. The highest BCUT2D eigenvalue weighted by molar-refractivity contribution is 5.89. The molecule has 0 saturated carbocycles. The number of hydrogen-bond donors (Lipinski definition) is 1. The molecule has 0 unspecified atom stereocenters. The zero-order valence-electron chi connectivity index (χ0n) is 12.7. The number of halogens is 1. The molecule has 3 heteroatoms. The van der Waals surface area contributed by atoms with Crippen molar-refractivity contribution in [1.82, 2.24) is 4.98 Å². The van der Waals surface area contributed by atoms with Gasteiger partial charge in [0.2, 0.25) is 0 Å². The van der Waals surface area contributed by atoms with Gasteiger partial charge in [0.15, 0.2) is 0 Å². The van der Waals surface area contributed by atoms with Gasteiger partial charge in [0.05, 0.1) is 0 Å². The predicted octanol–water partition coefficient (Wildman–Crippen LogP) is 4.54. The van der Waals surface area contributed by atoms with Crippen molar-refractivity contribution in [2.24, 2.45) is 0 Å². The summed E-state index contributed by atoms with van der Waals surface area (Å²) in [7, 11) is 0. The van der Waals surface area contributed by atoms with Crippen molar-refractivity contribution in [1.29, 1.82) is 0 Å². The molecule has 3 aromatic rings. The monoisotopic (exact) mass is 295 g/mol. The van der Waals surface area contributed by atoms with Crippen LogP contribution < -0.4 is 0 Å². The Morgan fingerprint density at radius 2 is 1.82 bits per heavy atom. The minimum absolute atomic E-state index is 0.228. The molecule has 0 fully saturated rings. The van der Waals surface area contributed by atoms with Gasteiger partial charge in [0.1, 0.15) is 17.1 Å². The quantitative estimate of drug-likeness (QED) is 0.769. The third kappa shape index (κ3) is 2.67. The number of aromatic hydroxyl groups is 1. The fourth-order valence-corrected chi connectivity index (χ4v) is 2.76. The normalized spacial score (nSPS) is 11.0. The lowest BCUT2D eigenvalue weighted by Crippen LogP contribution is -1.94. The molecular weight excluding hydrogens is 277 g/mol. The molecule has 1 N–H and O–H groups in total. The van der Waals surface area contributed by atoms with Crippen molar-refractivity contribution in [3.05, 3.63) is 70.7 Å². The first kappa shape index (κ1) is 14.5. The summed E-state index contributed by atoms with van der Waals surface area (Å²) in [5.41, 5.74) is 4.77. The van der Waals surface area contributed by atoms with Gasteiger partial charge in [-0.3, -0.25) is 4.98 Å². The van der Waals surface area contributed by atoms with Crippen molar-refractivity contribution >= 4 is 10.9 Å². The summed E-state index contributed by atoms with van der Waals surface area (Å²) in [6.07, 6.45) is 3.37. The molecule has 2 nitrogen and oxygen atoms in total. The molecule has 0 aliphatic rings. The SMILES string of the molecule is CCc1cc(C)c(O)c2ncc(Cc3ccc(F)cc3)cc12. The van der Waals surface area contributed by atoms with E-state index in [4.69, 9.17) is 0 Å². The Labute approximate surface area is 129 Å². The standard InChI is InChI=1S/C19H18FNO/c1-3-15-8-12(2)19(22)18-17(15)10-14(11-21-18)9-13-4-6-16(20)7-5-13/h4-8,10-11,22H,3,9H2,1-2H3. The van der Waals surface area contributed by atoms with E-state index in [1.165, 1.54) is 17.7 Å². The highest BCUT2D eigenvalue weighted by atomic mass is 19.1. The van der Waals surface area contributed by atoms with E-state index in [0.29, 0.717) is 11.9 Å². The molecule has 112 valence electrons. The first-order valence-electron chi connectivity index (χ1n) is 7.43. The highest BCUT2D eigenvalue weighted by Gasteiger charge is 2.10. The summed E-state index contributed by atoms with van der Waals surface area (Å²) in [5.74, 6) is 0.0228. The Morgan fingerprint density at radius 1 is 1.09 bits per heavy atom. The second-order valence-electron chi connectivity index (χ2n) is 5.60. The molecule has 0 radical (unpaired) electrons. The van der Waals surface area contributed by atoms with Crippen LogP contribution in [-0.2, 0) is 12.8 Å². The van der Waals surface area contributed by atoms with Crippen LogP contribution in [0.15, 0.2) is 42.6 Å². The fourth-order valence-electron chi connectivity index (χ4n) is 2.76. The van der Waals surface area contributed by atoms with Gasteiger partial charge in [0, 0.05) is 11.6 Å². The van der Waals surface area contributed by atoms with Gasteiger partial charge >= 0.3 is 0 Å². The minimum atomic E-state index is -0.228. The van der Waals surface area contributed by atoms with Crippen molar-refractivity contribution in [2.75, 3.05) is 0 Å². The molecule has 3 rings (SSSR count). The maximum atomic E-state index is 13.0. The number of benzene rings is 2. The van der Waals surface area contributed by atoms with E-state index in [2.05, 4.69) is 18.0 Å². The van der Waals surface area contributed by atoms with Gasteiger partial charge in [-0.05, 0) is 60.2 Å². The average Bonchev–Trinajstić information content (AvgIpc) is 2.53. The van der Waals surface area contributed by atoms with E-state index in [-0.39, 0.29) is 11.6 Å². The van der Waals surface area contributed by atoms with Gasteiger partial charge in [-0.1, -0.05) is 25.1 Å². The van der Waals surface area contributed by atoms with Crippen molar-refractivity contribution in [3.63, 3.8) is 0 Å². The molecule has 22 heavy (non-hydrogen) atoms. The molecule has 1 heterocycles. The van der Waals surface area contributed by atoms with Crippen LogP contribution in [0.2, 0.25) is 0 Å². The van der Waals surface area contributed by atoms with E-state index >= 15 is 0 Å². The van der Waals surface area contributed by atoms with Gasteiger partial charge in [0.25, 0.3) is 0 Å². The van der Waals surface area contributed by atoms with Crippen LogP contribution in [-0.4, -0.2) is 10.1 Å². The zero-order chi connectivity index (χ0) is 15.7. The molecule has 0 saturated heterocycles. The third-order valence-corrected chi connectivity index (χ3v) is 3.98. The summed E-state index contributed by atoms with van der Waals surface area (Å²) in [5, 5.41) is 11.2. The lowest BCUT2D eigenvalue weighted by molar-refractivity contribution is 0.476. The summed E-state index contributed by atoms with van der Waals surface area (Å²) in [6, 6.07) is 10.6. The summed E-state index contributed by atoms with van der Waals surface area (Å²) in [4.78, 5) is 4.44. The number of nitrogens with zero attached hydrogens (tertiary/aromatic N) is 1. The molecular formula is C19H18FNO. The Morgan fingerprint density at radius 3 is 2.50 bits per heavy atom. The van der Waals surface area contributed by atoms with E-state index in [9.17, 15) is 9.50 Å². The van der Waals surface area contributed by atoms with Gasteiger partial charge < -0.3 is 5.11 Å². The average molecular weight is 295 g/mol. The lowest BCUT2D eigenvalue weighted by Gasteiger charge is -2.11. The molecule has 0 bridgehead atoms. The molecule has 0 aliphatic carbocycles. The topological polar surface area (TPSA) is 33.1 Å². The third-order valence-electron chi connectivity index (χ3n) is 3.98. The Hall–Kier alpha value is -2.42. The summed E-state index contributed by atoms with van der Waals surface area (Å²) < 4.78 is 13.0. The second kappa shape index (κ2) is 5.76. The number of aromatic nitrogens is 1. The summed E-state index contributed by atoms with van der Waals surface area (Å²) >= 11 is 0. The van der Waals surface area contributed by atoms with Crippen LogP contribution in [0, 0.1) is 12.7 Å². The Balaban J connectivity index is 2.05. The molecule has 2 aromatic carbocycles. The van der Waals surface area contributed by atoms with Gasteiger partial charge in [-0.2, -0.15) is 0 Å². The number of hydrogen-bond acceptors (Lipinski definition) is 2. The molecule has 0 spiro atoms. The van der Waals surface area contributed by atoms with Crippen LogP contribution in [0.5, 0.6) is 5.75 Å².